The molecule has 0 bridgehead atoms. The van der Waals surface area contributed by atoms with Gasteiger partial charge >= 0.3 is 0 Å². The van der Waals surface area contributed by atoms with Gasteiger partial charge in [-0.05, 0) is 61.7 Å². The number of hydrogen-bond acceptors (Lipinski definition) is 2. The van der Waals surface area contributed by atoms with Gasteiger partial charge in [0.05, 0.1) is 12.1 Å². The molecule has 0 radical (unpaired) electrons. The Morgan fingerprint density at radius 3 is 2.18 bits per heavy atom. The van der Waals surface area contributed by atoms with Crippen molar-refractivity contribution in [3.63, 3.8) is 0 Å². The molecule has 1 aromatic carbocycles. The van der Waals surface area contributed by atoms with Gasteiger partial charge in [-0.1, -0.05) is 130 Å². The van der Waals surface area contributed by atoms with Crippen LogP contribution in [0.5, 0.6) is 0 Å². The molecule has 0 heterocycles. The summed E-state index contributed by atoms with van der Waals surface area (Å²) < 4.78 is 0. The van der Waals surface area contributed by atoms with E-state index in [-0.39, 0.29) is 18.0 Å². The normalized spacial score (nSPS) is 16.0. The van der Waals surface area contributed by atoms with E-state index < -0.39 is 0 Å². The van der Waals surface area contributed by atoms with Crippen LogP contribution in [0.25, 0.3) is 0 Å². The predicted molar refractivity (Wildman–Crippen MR) is 196 cm³/mol. The molecule has 1 aliphatic carbocycles. The van der Waals surface area contributed by atoms with E-state index in [1.165, 1.54) is 5.56 Å². The van der Waals surface area contributed by atoms with Crippen molar-refractivity contribution < 1.29 is 0 Å². The molecule has 0 aromatic heterocycles. The summed E-state index contributed by atoms with van der Waals surface area (Å²) in [4.78, 5) is 4.53. The molecule has 0 aliphatic heterocycles. The quantitative estimate of drug-likeness (QED) is 0.0760. The standard InChI is InChI=1S/C42H52N2/c1-9-15-16-20-33-44(42-31-29-40(30-32-42)37(12-4)22-10-2)36(8)28-27-35(7)43(41(14-6)23-11-3)34-21-26-38(13-5)39-24-18-17-19-25-39/h9-14,17-22,24-25,29-31,33-34,38,41-42H,1-8,15-16,23,26-28,32H2/b33-20+,34-21+,37-22+. The predicted octanol–water partition coefficient (Wildman–Crippen LogP) is 11.4. The monoisotopic (exact) mass is 584 g/mol. The van der Waals surface area contributed by atoms with E-state index in [0.29, 0.717) is 0 Å². The summed E-state index contributed by atoms with van der Waals surface area (Å²) in [5.41, 5.74) is 5.57. The summed E-state index contributed by atoms with van der Waals surface area (Å²) in [5, 5.41) is 0. The van der Waals surface area contributed by atoms with Gasteiger partial charge in [0.2, 0.25) is 0 Å². The second kappa shape index (κ2) is 20.4. The first-order chi connectivity index (χ1) is 21.4. The van der Waals surface area contributed by atoms with Crippen LogP contribution in [-0.2, 0) is 0 Å². The van der Waals surface area contributed by atoms with Crippen molar-refractivity contribution in [3.8, 4) is 0 Å². The van der Waals surface area contributed by atoms with E-state index in [1.54, 1.807) is 6.08 Å². The molecule has 1 aromatic rings. The summed E-state index contributed by atoms with van der Waals surface area (Å²) in [6.45, 7) is 32.8. The highest BCUT2D eigenvalue weighted by Gasteiger charge is 2.20. The molecule has 3 atom stereocenters. The molecule has 0 N–H and O–H groups in total. The third-order valence-electron chi connectivity index (χ3n) is 7.73. The minimum absolute atomic E-state index is 0.0748. The van der Waals surface area contributed by atoms with Crippen LogP contribution in [0.3, 0.4) is 0 Å². The average molecular weight is 585 g/mol. The van der Waals surface area contributed by atoms with Gasteiger partial charge in [-0.25, -0.2) is 0 Å². The Hall–Kier alpha value is -4.56. The number of nitrogens with zero attached hydrogens (tertiary/aromatic N) is 2. The van der Waals surface area contributed by atoms with Crippen molar-refractivity contribution in [1.29, 1.82) is 0 Å². The first kappa shape index (κ1) is 35.6. The molecule has 0 saturated heterocycles. The zero-order valence-corrected chi connectivity index (χ0v) is 26.7. The second-order valence-electron chi connectivity index (χ2n) is 10.8. The summed E-state index contributed by atoms with van der Waals surface area (Å²) in [6, 6.07) is 10.7. The Bertz CT molecular complexity index is 1300. The largest absolute Gasteiger partial charge is 0.345 e. The lowest BCUT2D eigenvalue weighted by molar-refractivity contribution is 0.357. The third-order valence-corrected chi connectivity index (χ3v) is 7.73. The van der Waals surface area contributed by atoms with Gasteiger partial charge in [0.15, 0.2) is 0 Å². The van der Waals surface area contributed by atoms with Gasteiger partial charge in [0.1, 0.15) is 0 Å². The molecule has 0 saturated carbocycles. The molecule has 230 valence electrons. The van der Waals surface area contributed by atoms with Crippen LogP contribution in [0.15, 0.2) is 191 Å². The number of rotatable bonds is 22. The van der Waals surface area contributed by atoms with Crippen molar-refractivity contribution in [2.24, 2.45) is 0 Å². The number of benzene rings is 1. The molecule has 0 amide bonds. The van der Waals surface area contributed by atoms with Crippen LogP contribution in [0.4, 0.5) is 0 Å². The van der Waals surface area contributed by atoms with E-state index in [2.05, 4.69) is 129 Å². The Kier molecular flexibility index (Phi) is 16.5. The van der Waals surface area contributed by atoms with E-state index in [0.717, 1.165) is 67.5 Å². The lowest BCUT2D eigenvalue weighted by Crippen LogP contribution is -2.30. The van der Waals surface area contributed by atoms with Crippen LogP contribution in [0.1, 0.15) is 56.4 Å². The molecule has 0 spiro atoms. The molecule has 0 fully saturated rings. The highest BCUT2D eigenvalue weighted by atomic mass is 15.2. The van der Waals surface area contributed by atoms with E-state index >= 15 is 0 Å². The highest BCUT2D eigenvalue weighted by Crippen LogP contribution is 2.28. The SMILES string of the molecule is C=C/C=C(\C=C)C1=CCC(N(/C=C/CCC=C)C(=C)CCC(=C)N(/C=C/CC(C=C)c2ccccc2)C(C=C)CC=C)C=C1. The van der Waals surface area contributed by atoms with E-state index in [9.17, 15) is 0 Å². The zero-order chi connectivity index (χ0) is 32.2. The Labute approximate surface area is 268 Å². The lowest BCUT2D eigenvalue weighted by atomic mass is 9.95. The maximum atomic E-state index is 4.53. The third kappa shape index (κ3) is 11.3. The fourth-order valence-electron chi connectivity index (χ4n) is 5.17. The van der Waals surface area contributed by atoms with Crippen LogP contribution in [-0.4, -0.2) is 21.9 Å². The summed E-state index contributed by atoms with van der Waals surface area (Å²) in [7, 11) is 0. The lowest BCUT2D eigenvalue weighted by Gasteiger charge is -2.33. The molecule has 3 unspecified atom stereocenters. The van der Waals surface area contributed by atoms with Crippen molar-refractivity contribution in [3.05, 3.63) is 196 Å². The molecule has 2 nitrogen and oxygen atoms in total. The minimum Gasteiger partial charge on any atom is -0.345 e. The van der Waals surface area contributed by atoms with Crippen LogP contribution >= 0.6 is 0 Å². The van der Waals surface area contributed by atoms with Gasteiger partial charge in [-0.15, -0.1) is 26.3 Å². The minimum atomic E-state index is 0.0748. The van der Waals surface area contributed by atoms with Crippen molar-refractivity contribution in [1.82, 2.24) is 9.80 Å². The van der Waals surface area contributed by atoms with Gasteiger partial charge in [-0.3, -0.25) is 0 Å². The summed E-state index contributed by atoms with van der Waals surface area (Å²) in [5.74, 6) is 0.248. The summed E-state index contributed by atoms with van der Waals surface area (Å²) >= 11 is 0. The maximum Gasteiger partial charge on any atom is 0.0550 e. The Balaban J connectivity index is 2.19. The molecule has 2 heteroatoms. The zero-order valence-electron chi connectivity index (χ0n) is 26.7. The van der Waals surface area contributed by atoms with Gasteiger partial charge in [-0.2, -0.15) is 0 Å². The van der Waals surface area contributed by atoms with Crippen LogP contribution in [0, 0.1) is 0 Å². The number of allylic oxidation sites excluding steroid dienone is 12. The van der Waals surface area contributed by atoms with E-state index in [4.69, 9.17) is 0 Å². The molecule has 1 aliphatic rings. The number of unbranched alkanes of at least 4 members (excludes halogenated alkanes) is 1. The average Bonchev–Trinajstić information content (AvgIpc) is 3.06. The Morgan fingerprint density at radius 2 is 1.59 bits per heavy atom. The van der Waals surface area contributed by atoms with Crippen molar-refractivity contribution in [2.75, 3.05) is 0 Å². The Morgan fingerprint density at radius 1 is 0.841 bits per heavy atom. The topological polar surface area (TPSA) is 6.48 Å². The first-order valence-electron chi connectivity index (χ1n) is 15.5. The van der Waals surface area contributed by atoms with Crippen LogP contribution in [0.2, 0.25) is 0 Å². The maximum absolute atomic E-state index is 4.53. The van der Waals surface area contributed by atoms with Gasteiger partial charge in [0, 0.05) is 29.7 Å². The molecule has 2 rings (SSSR count). The second-order valence-corrected chi connectivity index (χ2v) is 10.8. The molecule has 44 heavy (non-hydrogen) atoms. The molecular formula is C42H52N2. The van der Waals surface area contributed by atoms with Crippen molar-refractivity contribution >= 4 is 0 Å². The molecular weight excluding hydrogens is 532 g/mol. The van der Waals surface area contributed by atoms with E-state index in [1.807, 2.05) is 42.5 Å². The van der Waals surface area contributed by atoms with Gasteiger partial charge < -0.3 is 9.80 Å². The smallest absolute Gasteiger partial charge is 0.0550 e. The van der Waals surface area contributed by atoms with Gasteiger partial charge in [0.25, 0.3) is 0 Å². The fourth-order valence-corrected chi connectivity index (χ4v) is 5.17. The fraction of sp³-hybridized carbons (Fsp3) is 0.238. The first-order valence-corrected chi connectivity index (χ1v) is 15.5. The highest BCUT2D eigenvalue weighted by molar-refractivity contribution is 5.49. The van der Waals surface area contributed by atoms with Crippen LogP contribution < -0.4 is 0 Å². The summed E-state index contributed by atoms with van der Waals surface area (Å²) in [6.07, 6.45) is 34.9. The van der Waals surface area contributed by atoms with Crippen molar-refractivity contribution in [2.45, 2.75) is 62.9 Å². The number of hydrogen-bond donors (Lipinski definition) is 0.